The van der Waals surface area contributed by atoms with E-state index in [1.165, 1.54) is 44.2 Å². The normalized spacial score (nSPS) is 12.0. The third-order valence-corrected chi connectivity index (χ3v) is 6.72. The monoisotopic (exact) mass is 409 g/mol. The highest BCUT2D eigenvalue weighted by molar-refractivity contribution is 6.19. The predicted octanol–water partition coefficient (Wildman–Crippen LogP) is 8.25. The van der Waals surface area contributed by atoms with Gasteiger partial charge in [0.1, 0.15) is 11.2 Å². The molecule has 6 aromatic rings. The molecule has 0 N–H and O–H groups in total. The third-order valence-electron chi connectivity index (χ3n) is 6.72. The second-order valence-corrected chi connectivity index (χ2v) is 8.42. The molecule has 5 aromatic carbocycles. The number of benzene rings is 5. The molecule has 0 amide bonds. The molecule has 0 saturated carbocycles. The lowest BCUT2D eigenvalue weighted by Gasteiger charge is -2.10. The summed E-state index contributed by atoms with van der Waals surface area (Å²) in [5.41, 5.74) is 10.7. The molecule has 2 heteroatoms. The molecule has 2 nitrogen and oxygen atoms in total. The molecule has 0 spiro atoms. The second kappa shape index (κ2) is 6.41. The first-order valence-electron chi connectivity index (χ1n) is 10.9. The number of aliphatic imine (C=N–C) groups is 1. The number of furan rings is 1. The average Bonchev–Trinajstić information content (AvgIpc) is 3.37. The highest BCUT2D eigenvalue weighted by Crippen LogP contribution is 2.49. The van der Waals surface area contributed by atoms with Gasteiger partial charge in [-0.2, -0.15) is 0 Å². The van der Waals surface area contributed by atoms with Crippen LogP contribution in [0.25, 0.3) is 66.1 Å². The van der Waals surface area contributed by atoms with Crippen molar-refractivity contribution in [1.82, 2.24) is 0 Å². The zero-order valence-corrected chi connectivity index (χ0v) is 17.4. The van der Waals surface area contributed by atoms with Crippen molar-refractivity contribution in [2.24, 2.45) is 4.99 Å². The Kier molecular flexibility index (Phi) is 3.51. The van der Waals surface area contributed by atoms with Crippen LogP contribution >= 0.6 is 0 Å². The molecule has 0 bridgehead atoms. The summed E-state index contributed by atoms with van der Waals surface area (Å²) in [5, 5.41) is 4.90. The Hall–Kier alpha value is -4.17. The van der Waals surface area contributed by atoms with E-state index in [1.807, 2.05) is 12.1 Å². The van der Waals surface area contributed by atoms with Gasteiger partial charge in [0.25, 0.3) is 0 Å². The van der Waals surface area contributed by atoms with E-state index in [4.69, 9.17) is 4.42 Å². The zero-order valence-electron chi connectivity index (χ0n) is 17.4. The first-order valence-corrected chi connectivity index (χ1v) is 10.9. The van der Waals surface area contributed by atoms with Gasteiger partial charge in [0.15, 0.2) is 0 Å². The fraction of sp³-hybridized carbons (Fsp3) is 0.0333. The van der Waals surface area contributed by atoms with Gasteiger partial charge in [-0.05, 0) is 74.6 Å². The molecule has 150 valence electrons. The fourth-order valence-electron chi connectivity index (χ4n) is 5.38. The van der Waals surface area contributed by atoms with Gasteiger partial charge in [-0.15, -0.1) is 0 Å². The Morgan fingerprint density at radius 1 is 0.594 bits per heavy atom. The van der Waals surface area contributed by atoms with Gasteiger partial charge in [-0.1, -0.05) is 72.8 Å². The molecule has 1 heterocycles. The summed E-state index contributed by atoms with van der Waals surface area (Å²) in [4.78, 5) is 4.12. The maximum Gasteiger partial charge on any atom is 0.135 e. The predicted molar refractivity (Wildman–Crippen MR) is 134 cm³/mol. The molecule has 0 saturated heterocycles. The summed E-state index contributed by atoms with van der Waals surface area (Å²) < 4.78 is 6.15. The van der Waals surface area contributed by atoms with Gasteiger partial charge >= 0.3 is 0 Å². The van der Waals surface area contributed by atoms with E-state index in [9.17, 15) is 0 Å². The molecular formula is C30H19NO. The minimum Gasteiger partial charge on any atom is -0.456 e. The Balaban J connectivity index is 1.51. The molecule has 0 fully saturated rings. The average molecular weight is 409 g/mol. The molecule has 0 unspecified atom stereocenters. The van der Waals surface area contributed by atoms with Crippen LogP contribution in [0.2, 0.25) is 0 Å². The topological polar surface area (TPSA) is 25.5 Å². The molecular weight excluding hydrogens is 390 g/mol. The number of hydrogen-bond acceptors (Lipinski definition) is 2. The van der Waals surface area contributed by atoms with Crippen molar-refractivity contribution in [2.45, 2.75) is 6.54 Å². The van der Waals surface area contributed by atoms with Gasteiger partial charge in [0.2, 0.25) is 0 Å². The van der Waals surface area contributed by atoms with Gasteiger partial charge in [0.05, 0.1) is 6.54 Å². The minimum atomic E-state index is 0.579. The molecule has 32 heavy (non-hydrogen) atoms. The smallest absolute Gasteiger partial charge is 0.135 e. The van der Waals surface area contributed by atoms with Gasteiger partial charge in [-0.25, -0.2) is 0 Å². The first kappa shape index (κ1) is 17.5. The summed E-state index contributed by atoms with van der Waals surface area (Å²) in [5.74, 6) is 0. The van der Waals surface area contributed by atoms with Crippen molar-refractivity contribution in [3.63, 3.8) is 0 Å². The lowest BCUT2D eigenvalue weighted by Crippen LogP contribution is -1.85. The molecule has 1 aliphatic rings. The molecule has 1 aliphatic carbocycles. The molecule has 0 radical (unpaired) electrons. The number of nitrogens with zero attached hydrogens (tertiary/aromatic N) is 1. The van der Waals surface area contributed by atoms with Crippen LogP contribution in [-0.4, -0.2) is 6.72 Å². The maximum absolute atomic E-state index is 6.15. The molecule has 1 aromatic heterocycles. The fourth-order valence-corrected chi connectivity index (χ4v) is 5.38. The number of rotatable bonds is 3. The molecule has 7 rings (SSSR count). The summed E-state index contributed by atoms with van der Waals surface area (Å²) in [7, 11) is 0. The van der Waals surface area contributed by atoms with E-state index < -0.39 is 0 Å². The van der Waals surface area contributed by atoms with E-state index in [2.05, 4.69) is 90.6 Å². The van der Waals surface area contributed by atoms with Gasteiger partial charge in [-0.3, -0.25) is 4.99 Å². The van der Waals surface area contributed by atoms with Crippen molar-refractivity contribution < 1.29 is 4.42 Å². The van der Waals surface area contributed by atoms with Crippen molar-refractivity contribution in [3.8, 4) is 33.4 Å². The Morgan fingerprint density at radius 2 is 1.34 bits per heavy atom. The van der Waals surface area contributed by atoms with Crippen LogP contribution in [0.4, 0.5) is 0 Å². The number of fused-ring (bicyclic) bond motifs is 6. The van der Waals surface area contributed by atoms with Crippen molar-refractivity contribution >= 4 is 39.4 Å². The Bertz CT molecular complexity index is 1690. The summed E-state index contributed by atoms with van der Waals surface area (Å²) in [6.45, 7) is 4.26. The SMILES string of the molecule is C=NCc1cccc2oc3ccc(-c4ccc5c6c(cccc46)-c4ccccc4-5)cc3c12. The van der Waals surface area contributed by atoms with Gasteiger partial charge in [0, 0.05) is 10.8 Å². The first-order chi connectivity index (χ1) is 15.8. The van der Waals surface area contributed by atoms with Crippen LogP contribution in [0.1, 0.15) is 5.56 Å². The summed E-state index contributed by atoms with van der Waals surface area (Å²) in [6, 6.07) is 32.6. The van der Waals surface area contributed by atoms with Crippen LogP contribution in [-0.2, 0) is 6.54 Å². The minimum absolute atomic E-state index is 0.579. The Labute approximate surface area is 185 Å². The lowest BCUT2D eigenvalue weighted by atomic mass is 9.93. The molecule has 0 atom stereocenters. The van der Waals surface area contributed by atoms with E-state index in [0.29, 0.717) is 6.54 Å². The second-order valence-electron chi connectivity index (χ2n) is 8.42. The van der Waals surface area contributed by atoms with Crippen LogP contribution < -0.4 is 0 Å². The Morgan fingerprint density at radius 3 is 2.19 bits per heavy atom. The van der Waals surface area contributed by atoms with Crippen LogP contribution in [0, 0.1) is 0 Å². The summed E-state index contributed by atoms with van der Waals surface area (Å²) in [6.07, 6.45) is 0. The summed E-state index contributed by atoms with van der Waals surface area (Å²) >= 11 is 0. The lowest BCUT2D eigenvalue weighted by molar-refractivity contribution is 0.668. The standard InChI is InChI=1S/C30H19NO/c1-31-17-19-6-4-11-28-29(19)26-16-18(12-15-27(26)32-28)20-13-14-25-22-8-3-2-7-21(22)24-10-5-9-23(20)30(24)25/h2-16H,1,17H2. The molecule has 0 aliphatic heterocycles. The van der Waals surface area contributed by atoms with Crippen molar-refractivity contribution in [1.29, 1.82) is 0 Å². The maximum atomic E-state index is 6.15. The van der Waals surface area contributed by atoms with Crippen LogP contribution in [0.15, 0.2) is 100 Å². The van der Waals surface area contributed by atoms with Crippen molar-refractivity contribution in [2.75, 3.05) is 0 Å². The van der Waals surface area contributed by atoms with Crippen molar-refractivity contribution in [3.05, 3.63) is 96.6 Å². The van der Waals surface area contributed by atoms with Crippen LogP contribution in [0.5, 0.6) is 0 Å². The van der Waals surface area contributed by atoms with E-state index in [1.54, 1.807) is 0 Å². The quantitative estimate of drug-likeness (QED) is 0.270. The number of hydrogen-bond donors (Lipinski definition) is 0. The highest BCUT2D eigenvalue weighted by Gasteiger charge is 2.22. The van der Waals surface area contributed by atoms with E-state index in [-0.39, 0.29) is 0 Å². The van der Waals surface area contributed by atoms with Crippen LogP contribution in [0.3, 0.4) is 0 Å². The van der Waals surface area contributed by atoms with Gasteiger partial charge < -0.3 is 4.42 Å². The highest BCUT2D eigenvalue weighted by atomic mass is 16.3. The largest absolute Gasteiger partial charge is 0.456 e. The third kappa shape index (κ3) is 2.27. The zero-order chi connectivity index (χ0) is 21.2. The van der Waals surface area contributed by atoms with E-state index in [0.717, 1.165) is 27.5 Å². The van der Waals surface area contributed by atoms with E-state index >= 15 is 0 Å².